The van der Waals surface area contributed by atoms with Crippen molar-refractivity contribution in [2.75, 3.05) is 5.32 Å². The van der Waals surface area contributed by atoms with Gasteiger partial charge >= 0.3 is 6.36 Å². The number of hydrogen-bond donors (Lipinski definition) is 1. The van der Waals surface area contributed by atoms with Gasteiger partial charge in [0.1, 0.15) is 5.75 Å². The highest BCUT2D eigenvalue weighted by atomic mass is 35.5. The summed E-state index contributed by atoms with van der Waals surface area (Å²) in [5.41, 5.74) is 1.68. The number of ether oxygens (including phenoxy) is 1. The minimum Gasteiger partial charge on any atom is -0.406 e. The van der Waals surface area contributed by atoms with Crippen LogP contribution in [0.3, 0.4) is 0 Å². The number of hydrogen-bond acceptors (Lipinski definition) is 2. The van der Waals surface area contributed by atoms with E-state index in [-0.39, 0.29) is 11.8 Å². The molecule has 0 aliphatic heterocycles. The van der Waals surface area contributed by atoms with E-state index in [9.17, 15) is 13.2 Å². The largest absolute Gasteiger partial charge is 0.573 e. The van der Waals surface area contributed by atoms with Crippen molar-refractivity contribution in [1.82, 2.24) is 0 Å². The van der Waals surface area contributed by atoms with E-state index in [2.05, 4.69) is 10.1 Å². The Balaban J connectivity index is 2.04. The molecule has 2 aromatic rings. The first-order chi connectivity index (χ1) is 9.83. The van der Waals surface area contributed by atoms with Gasteiger partial charge in [-0.2, -0.15) is 0 Å². The highest BCUT2D eigenvalue weighted by Crippen LogP contribution is 2.26. The summed E-state index contributed by atoms with van der Waals surface area (Å²) in [6, 6.07) is 12.9. The van der Waals surface area contributed by atoms with Gasteiger partial charge in [0.25, 0.3) is 0 Å². The summed E-state index contributed by atoms with van der Waals surface area (Å²) in [5, 5.41) is 3.83. The van der Waals surface area contributed by atoms with Crippen LogP contribution in [0.4, 0.5) is 18.9 Å². The van der Waals surface area contributed by atoms with Gasteiger partial charge in [0.15, 0.2) is 0 Å². The Hall–Kier alpha value is -1.88. The summed E-state index contributed by atoms with van der Waals surface area (Å²) < 4.78 is 40.1. The average Bonchev–Trinajstić information content (AvgIpc) is 2.37. The third-order valence-electron chi connectivity index (χ3n) is 2.82. The van der Waals surface area contributed by atoms with E-state index < -0.39 is 6.36 Å². The van der Waals surface area contributed by atoms with Crippen LogP contribution in [0.5, 0.6) is 5.75 Å². The summed E-state index contributed by atoms with van der Waals surface area (Å²) in [5.74, 6) is -0.235. The molecule has 1 N–H and O–H groups in total. The lowest BCUT2D eigenvalue weighted by Gasteiger charge is -2.16. The zero-order chi connectivity index (χ0) is 15.5. The molecule has 0 aromatic heterocycles. The first kappa shape index (κ1) is 15.5. The number of anilines is 1. The molecule has 0 aliphatic rings. The van der Waals surface area contributed by atoms with Crippen molar-refractivity contribution < 1.29 is 17.9 Å². The SMILES string of the molecule is CC(Nc1cccc(Cl)c1)c1ccc(OC(F)(F)F)cc1. The number of alkyl halides is 3. The summed E-state index contributed by atoms with van der Waals surface area (Å²) >= 11 is 5.89. The summed E-state index contributed by atoms with van der Waals surface area (Å²) in [4.78, 5) is 0. The third kappa shape index (κ3) is 4.86. The maximum atomic E-state index is 12.1. The van der Waals surface area contributed by atoms with Gasteiger partial charge in [-0.3, -0.25) is 0 Å². The monoisotopic (exact) mass is 315 g/mol. The molecule has 21 heavy (non-hydrogen) atoms. The Morgan fingerprint density at radius 3 is 2.33 bits per heavy atom. The molecular weight excluding hydrogens is 303 g/mol. The van der Waals surface area contributed by atoms with Gasteiger partial charge in [-0.1, -0.05) is 29.8 Å². The van der Waals surface area contributed by atoms with Crippen LogP contribution < -0.4 is 10.1 Å². The molecule has 2 rings (SSSR count). The van der Waals surface area contributed by atoms with Crippen molar-refractivity contribution in [1.29, 1.82) is 0 Å². The van der Waals surface area contributed by atoms with E-state index in [1.165, 1.54) is 12.1 Å². The van der Waals surface area contributed by atoms with Crippen LogP contribution in [0.25, 0.3) is 0 Å². The molecule has 0 spiro atoms. The van der Waals surface area contributed by atoms with Gasteiger partial charge in [-0.25, -0.2) is 0 Å². The molecule has 0 saturated carbocycles. The van der Waals surface area contributed by atoms with E-state index in [1.807, 2.05) is 19.1 Å². The molecule has 112 valence electrons. The fourth-order valence-electron chi connectivity index (χ4n) is 1.87. The van der Waals surface area contributed by atoms with Crippen molar-refractivity contribution in [3.63, 3.8) is 0 Å². The molecule has 2 nitrogen and oxygen atoms in total. The second-order valence-corrected chi connectivity index (χ2v) is 4.93. The van der Waals surface area contributed by atoms with Gasteiger partial charge in [0.05, 0.1) is 0 Å². The summed E-state index contributed by atoms with van der Waals surface area (Å²) in [7, 11) is 0. The van der Waals surface area contributed by atoms with E-state index in [1.54, 1.807) is 24.3 Å². The van der Waals surface area contributed by atoms with Crippen LogP contribution in [0, 0.1) is 0 Å². The van der Waals surface area contributed by atoms with Crippen LogP contribution in [0.1, 0.15) is 18.5 Å². The van der Waals surface area contributed by atoms with Crippen LogP contribution >= 0.6 is 11.6 Å². The molecule has 2 aromatic carbocycles. The predicted molar refractivity (Wildman–Crippen MR) is 76.6 cm³/mol. The van der Waals surface area contributed by atoms with Crippen LogP contribution in [0.15, 0.2) is 48.5 Å². The fourth-order valence-corrected chi connectivity index (χ4v) is 2.06. The third-order valence-corrected chi connectivity index (χ3v) is 3.06. The number of nitrogens with one attached hydrogen (secondary N) is 1. The first-order valence-electron chi connectivity index (χ1n) is 6.21. The van der Waals surface area contributed by atoms with Crippen LogP contribution in [-0.2, 0) is 0 Å². The van der Waals surface area contributed by atoms with Gasteiger partial charge in [-0.05, 0) is 42.8 Å². The van der Waals surface area contributed by atoms with Crippen molar-refractivity contribution >= 4 is 17.3 Å². The number of halogens is 4. The van der Waals surface area contributed by atoms with Crippen LogP contribution in [-0.4, -0.2) is 6.36 Å². The second-order valence-electron chi connectivity index (χ2n) is 4.49. The molecular formula is C15H13ClF3NO. The molecule has 0 bridgehead atoms. The van der Waals surface area contributed by atoms with Gasteiger partial charge in [-0.15, -0.1) is 13.2 Å². The van der Waals surface area contributed by atoms with E-state index in [4.69, 9.17) is 11.6 Å². The van der Waals surface area contributed by atoms with Gasteiger partial charge < -0.3 is 10.1 Å². The van der Waals surface area contributed by atoms with E-state index in [0.29, 0.717) is 5.02 Å². The highest BCUT2D eigenvalue weighted by molar-refractivity contribution is 6.30. The Morgan fingerprint density at radius 2 is 1.76 bits per heavy atom. The number of benzene rings is 2. The molecule has 1 unspecified atom stereocenters. The Kier molecular flexibility index (Phi) is 4.63. The van der Waals surface area contributed by atoms with Crippen molar-refractivity contribution in [3.05, 3.63) is 59.1 Å². The second kappa shape index (κ2) is 6.26. The molecule has 0 aliphatic carbocycles. The molecule has 0 radical (unpaired) electrons. The molecule has 6 heteroatoms. The first-order valence-corrected chi connectivity index (χ1v) is 6.59. The zero-order valence-corrected chi connectivity index (χ0v) is 11.9. The quantitative estimate of drug-likeness (QED) is 0.814. The maximum Gasteiger partial charge on any atom is 0.573 e. The molecule has 1 atom stereocenters. The Bertz CT molecular complexity index is 599. The summed E-state index contributed by atoms with van der Waals surface area (Å²) in [6.07, 6.45) is -4.67. The maximum absolute atomic E-state index is 12.1. The number of rotatable bonds is 4. The van der Waals surface area contributed by atoms with Crippen LogP contribution in [0.2, 0.25) is 5.02 Å². The minimum atomic E-state index is -4.67. The van der Waals surface area contributed by atoms with Crippen molar-refractivity contribution in [2.24, 2.45) is 0 Å². The van der Waals surface area contributed by atoms with Gasteiger partial charge in [0, 0.05) is 16.8 Å². The molecule has 0 fully saturated rings. The van der Waals surface area contributed by atoms with E-state index >= 15 is 0 Å². The molecule has 0 amide bonds. The van der Waals surface area contributed by atoms with Gasteiger partial charge in [0.2, 0.25) is 0 Å². The Labute approximate surface area is 125 Å². The topological polar surface area (TPSA) is 21.3 Å². The van der Waals surface area contributed by atoms with Crippen molar-refractivity contribution in [3.8, 4) is 5.75 Å². The average molecular weight is 316 g/mol. The normalized spacial score (nSPS) is 12.8. The summed E-state index contributed by atoms with van der Waals surface area (Å²) in [6.45, 7) is 1.90. The van der Waals surface area contributed by atoms with E-state index in [0.717, 1.165) is 11.3 Å². The lowest BCUT2D eigenvalue weighted by atomic mass is 10.1. The lowest BCUT2D eigenvalue weighted by molar-refractivity contribution is -0.274. The Morgan fingerprint density at radius 1 is 1.10 bits per heavy atom. The predicted octanol–water partition coefficient (Wildman–Crippen LogP) is 5.41. The molecule has 0 heterocycles. The minimum absolute atomic E-state index is 0.0802. The standard InChI is InChI=1S/C15H13ClF3NO/c1-10(20-13-4-2-3-12(16)9-13)11-5-7-14(8-6-11)21-15(17,18)19/h2-10,20H,1H3. The smallest absolute Gasteiger partial charge is 0.406 e. The zero-order valence-electron chi connectivity index (χ0n) is 11.1. The molecule has 0 saturated heterocycles. The fraction of sp³-hybridized carbons (Fsp3) is 0.200. The lowest BCUT2D eigenvalue weighted by Crippen LogP contribution is -2.17. The highest BCUT2D eigenvalue weighted by Gasteiger charge is 2.30. The van der Waals surface area contributed by atoms with Crippen molar-refractivity contribution in [2.45, 2.75) is 19.3 Å².